The molecule has 2 atom stereocenters. The molecule has 2 heterocycles. The molecule has 0 radical (unpaired) electrons. The van der Waals surface area contributed by atoms with Crippen molar-refractivity contribution in [3.05, 3.63) is 65.9 Å². The molecule has 3 aromatic rings. The molecular weight excluding hydrogens is 402 g/mol. The fraction of sp³-hybridized carbons (Fsp3) is 0.304. The van der Waals surface area contributed by atoms with E-state index in [1.165, 1.54) is 10.5 Å². The van der Waals surface area contributed by atoms with Gasteiger partial charge >= 0.3 is 0 Å². The lowest BCUT2D eigenvalue weighted by Crippen LogP contribution is -2.25. The van der Waals surface area contributed by atoms with Gasteiger partial charge in [0.25, 0.3) is 0 Å². The molecule has 150 valence electrons. The summed E-state index contributed by atoms with van der Waals surface area (Å²) in [7, 11) is 0. The predicted octanol–water partition coefficient (Wildman–Crippen LogP) is 5.61. The molecule has 5 rings (SSSR count). The summed E-state index contributed by atoms with van der Waals surface area (Å²) in [5.74, 6) is 3.82. The zero-order valence-corrected chi connectivity index (χ0v) is 18.1. The Bertz CT molecular complexity index is 935. The molecule has 1 aromatic heterocycles. The van der Waals surface area contributed by atoms with Gasteiger partial charge in [-0.1, -0.05) is 42.8 Å². The third-order valence-electron chi connectivity index (χ3n) is 5.80. The summed E-state index contributed by atoms with van der Waals surface area (Å²) in [6, 6.07) is 15.7. The third kappa shape index (κ3) is 4.68. The van der Waals surface area contributed by atoms with Gasteiger partial charge in [0.1, 0.15) is 5.75 Å². The van der Waals surface area contributed by atoms with Crippen LogP contribution in [0.5, 0.6) is 5.75 Å². The summed E-state index contributed by atoms with van der Waals surface area (Å²) in [4.78, 5) is 12.0. The minimum atomic E-state index is 0.305. The molecule has 0 bridgehead atoms. The van der Waals surface area contributed by atoms with Crippen molar-refractivity contribution in [2.45, 2.75) is 11.8 Å². The number of aromatic nitrogens is 2. The first kappa shape index (κ1) is 20.0. The van der Waals surface area contributed by atoms with Gasteiger partial charge in [-0.15, -0.1) is 11.8 Å². The summed E-state index contributed by atoms with van der Waals surface area (Å²) in [5, 5.41) is 9.79. The van der Waals surface area contributed by atoms with Crippen molar-refractivity contribution in [1.29, 1.82) is 0 Å². The third-order valence-corrected chi connectivity index (χ3v) is 6.74. The fourth-order valence-corrected chi connectivity index (χ4v) is 4.40. The quantitative estimate of drug-likeness (QED) is 0.552. The van der Waals surface area contributed by atoms with E-state index in [1.54, 1.807) is 36.3 Å². The molecule has 0 spiro atoms. The van der Waals surface area contributed by atoms with Crippen LogP contribution in [0.25, 0.3) is 11.1 Å². The number of thioether (sulfide) groups is 1. The first-order chi connectivity index (χ1) is 14.0. The highest BCUT2D eigenvalue weighted by atomic mass is 35.5. The van der Waals surface area contributed by atoms with Crippen molar-refractivity contribution in [3.8, 4) is 16.9 Å². The van der Waals surface area contributed by atoms with E-state index in [-0.39, 0.29) is 0 Å². The zero-order valence-electron chi connectivity index (χ0n) is 16.5. The molecule has 1 aliphatic heterocycles. The van der Waals surface area contributed by atoms with Crippen LogP contribution < -0.4 is 4.90 Å². The van der Waals surface area contributed by atoms with Gasteiger partial charge in [-0.3, -0.25) is 0 Å². The summed E-state index contributed by atoms with van der Waals surface area (Å²) in [6.07, 6.45) is 5.39. The van der Waals surface area contributed by atoms with Gasteiger partial charge in [0.2, 0.25) is 5.95 Å². The molecule has 1 saturated heterocycles. The maximum Gasteiger partial charge on any atom is 0.225 e. The van der Waals surface area contributed by atoms with Gasteiger partial charge < -0.3 is 10.0 Å². The van der Waals surface area contributed by atoms with Gasteiger partial charge in [-0.05, 0) is 59.4 Å². The summed E-state index contributed by atoms with van der Waals surface area (Å²) < 4.78 is 0. The number of hydrogen-bond donors (Lipinski definition) is 1. The van der Waals surface area contributed by atoms with Gasteiger partial charge in [0.05, 0.1) is 17.4 Å². The second kappa shape index (κ2) is 8.64. The second-order valence-electron chi connectivity index (χ2n) is 7.57. The van der Waals surface area contributed by atoms with E-state index in [2.05, 4.69) is 52.3 Å². The number of halogens is 1. The zero-order chi connectivity index (χ0) is 20.4. The van der Waals surface area contributed by atoms with E-state index >= 15 is 0 Å². The molecule has 2 fully saturated rings. The highest BCUT2D eigenvalue weighted by Gasteiger charge is 2.53. The van der Waals surface area contributed by atoms with Crippen molar-refractivity contribution in [3.63, 3.8) is 0 Å². The summed E-state index contributed by atoms with van der Waals surface area (Å²) in [6.45, 7) is 4.57. The SMILES string of the molecule is CC1C2CN(c3ncc(Cl)cn3)CC12.CSc1ccc(-c2ccc(O)cc2)cc1. The smallest absolute Gasteiger partial charge is 0.225 e. The molecule has 1 saturated carbocycles. The van der Waals surface area contributed by atoms with Crippen molar-refractivity contribution >= 4 is 29.3 Å². The molecule has 29 heavy (non-hydrogen) atoms. The molecule has 2 aromatic carbocycles. The lowest BCUT2D eigenvalue weighted by Gasteiger charge is -2.18. The molecule has 4 nitrogen and oxygen atoms in total. The second-order valence-corrected chi connectivity index (χ2v) is 8.88. The summed E-state index contributed by atoms with van der Waals surface area (Å²) in [5.41, 5.74) is 2.30. The topological polar surface area (TPSA) is 49.2 Å². The number of phenolic OH excluding ortho intramolecular Hbond substituents is 1. The molecule has 2 aliphatic rings. The predicted molar refractivity (Wildman–Crippen MR) is 121 cm³/mol. The van der Waals surface area contributed by atoms with E-state index in [9.17, 15) is 5.11 Å². The van der Waals surface area contributed by atoms with Crippen LogP contribution in [0.2, 0.25) is 5.02 Å². The average molecular weight is 426 g/mol. The van der Waals surface area contributed by atoms with Crippen LogP contribution >= 0.6 is 23.4 Å². The van der Waals surface area contributed by atoms with Crippen LogP contribution in [-0.2, 0) is 0 Å². The average Bonchev–Trinajstić information content (AvgIpc) is 3.15. The molecule has 2 unspecified atom stereocenters. The molecule has 0 amide bonds. The van der Waals surface area contributed by atoms with Gasteiger partial charge in [-0.25, -0.2) is 9.97 Å². The van der Waals surface area contributed by atoms with E-state index in [0.29, 0.717) is 10.8 Å². The van der Waals surface area contributed by atoms with Crippen molar-refractivity contribution < 1.29 is 5.11 Å². The van der Waals surface area contributed by atoms with Crippen molar-refractivity contribution in [2.24, 2.45) is 17.8 Å². The van der Waals surface area contributed by atoms with Crippen molar-refractivity contribution in [1.82, 2.24) is 9.97 Å². The molecule has 6 heteroatoms. The maximum absolute atomic E-state index is 9.18. The highest BCUT2D eigenvalue weighted by Crippen LogP contribution is 2.51. The van der Waals surface area contributed by atoms with Crippen LogP contribution in [0.3, 0.4) is 0 Å². The van der Waals surface area contributed by atoms with E-state index < -0.39 is 0 Å². The Morgan fingerprint density at radius 3 is 1.97 bits per heavy atom. The van der Waals surface area contributed by atoms with Crippen LogP contribution in [-0.4, -0.2) is 34.4 Å². The normalized spacial score (nSPS) is 21.9. The Labute approximate surface area is 181 Å². The van der Waals surface area contributed by atoms with Crippen LogP contribution in [0.1, 0.15) is 6.92 Å². The minimum Gasteiger partial charge on any atom is -0.508 e. The van der Waals surface area contributed by atoms with Crippen molar-refractivity contribution in [2.75, 3.05) is 24.2 Å². The Morgan fingerprint density at radius 1 is 0.931 bits per heavy atom. The minimum absolute atomic E-state index is 0.305. The highest BCUT2D eigenvalue weighted by molar-refractivity contribution is 7.98. The fourth-order valence-electron chi connectivity index (χ4n) is 3.89. The number of hydrogen-bond acceptors (Lipinski definition) is 5. The Hall–Kier alpha value is -2.24. The maximum atomic E-state index is 9.18. The Morgan fingerprint density at radius 2 is 1.45 bits per heavy atom. The lowest BCUT2D eigenvalue weighted by molar-refractivity contribution is 0.475. The Balaban J connectivity index is 0.000000141. The number of nitrogens with zero attached hydrogens (tertiary/aromatic N) is 3. The first-order valence-electron chi connectivity index (χ1n) is 9.71. The van der Waals surface area contributed by atoms with E-state index in [1.807, 2.05) is 12.1 Å². The Kier molecular flexibility index (Phi) is 5.97. The van der Waals surface area contributed by atoms with Gasteiger partial charge in [0, 0.05) is 18.0 Å². The standard InChI is InChI=1S/C13H12OS.C10H12ClN3/c1-15-13-8-4-11(5-9-13)10-2-6-12(14)7-3-10;1-6-8-4-14(5-9(6)8)10-12-2-7(11)3-13-10/h2-9,14H,1H3;2-3,6,8-9H,4-5H2,1H3. The van der Waals surface area contributed by atoms with Gasteiger partial charge in [-0.2, -0.15) is 0 Å². The number of benzene rings is 2. The van der Waals surface area contributed by atoms with E-state index in [4.69, 9.17) is 11.6 Å². The number of fused-ring (bicyclic) bond motifs is 1. The largest absolute Gasteiger partial charge is 0.508 e. The number of phenols is 1. The van der Waals surface area contributed by atoms with Gasteiger partial charge in [0.15, 0.2) is 0 Å². The monoisotopic (exact) mass is 425 g/mol. The number of rotatable bonds is 3. The van der Waals surface area contributed by atoms with Crippen LogP contribution in [0.15, 0.2) is 65.8 Å². The first-order valence-corrected chi connectivity index (χ1v) is 11.3. The lowest BCUT2D eigenvalue weighted by atomic mass is 10.1. The summed E-state index contributed by atoms with van der Waals surface area (Å²) >= 11 is 7.47. The van der Waals surface area contributed by atoms with Crippen LogP contribution in [0, 0.1) is 17.8 Å². The molecular formula is C23H24ClN3OS. The number of aromatic hydroxyl groups is 1. The van der Waals surface area contributed by atoms with E-state index in [0.717, 1.165) is 42.4 Å². The molecule has 1 aliphatic carbocycles. The van der Waals surface area contributed by atoms with Crippen LogP contribution in [0.4, 0.5) is 5.95 Å². The molecule has 1 N–H and O–H groups in total. The number of piperidine rings is 1. The number of anilines is 1.